The Balaban J connectivity index is 1.15. The fourth-order valence-electron chi connectivity index (χ4n) is 6.91. The van der Waals surface area contributed by atoms with Gasteiger partial charge >= 0.3 is 0 Å². The minimum Gasteiger partial charge on any atom is -0.353 e. The molecule has 4 rings (SSSR count). The zero-order valence-electron chi connectivity index (χ0n) is 16.5. The summed E-state index contributed by atoms with van der Waals surface area (Å²) in [5.74, 6) is 4.85. The van der Waals surface area contributed by atoms with Crippen molar-refractivity contribution in [3.05, 3.63) is 0 Å². The molecule has 0 spiro atoms. The SMILES string of the molecule is C[C@H](NC(=O)CCC(=O)N[C@H](C)[C@@H]1C[C@H]2CC[C@H]1C2)[C@@H]1C[C@H]2CC[C@H]1C2. The first kappa shape index (κ1) is 18.3. The van der Waals surface area contributed by atoms with Crippen molar-refractivity contribution >= 4 is 11.8 Å². The van der Waals surface area contributed by atoms with Crippen LogP contribution in [0.2, 0.25) is 0 Å². The van der Waals surface area contributed by atoms with Gasteiger partial charge in [-0.15, -0.1) is 0 Å². The molecule has 0 aliphatic heterocycles. The summed E-state index contributed by atoms with van der Waals surface area (Å²) in [4.78, 5) is 24.6. The zero-order chi connectivity index (χ0) is 18.3. The number of fused-ring (bicyclic) bond motifs is 4. The minimum atomic E-state index is 0.0444. The van der Waals surface area contributed by atoms with Crippen molar-refractivity contribution in [2.24, 2.45) is 35.5 Å². The Morgan fingerprint density at radius 2 is 1.15 bits per heavy atom. The van der Waals surface area contributed by atoms with Crippen molar-refractivity contribution in [3.8, 4) is 0 Å². The molecule has 4 heteroatoms. The van der Waals surface area contributed by atoms with Crippen molar-refractivity contribution in [3.63, 3.8) is 0 Å². The zero-order valence-corrected chi connectivity index (χ0v) is 16.5. The van der Waals surface area contributed by atoms with E-state index in [0.29, 0.717) is 24.7 Å². The first-order valence-electron chi connectivity index (χ1n) is 11.1. The van der Waals surface area contributed by atoms with E-state index in [-0.39, 0.29) is 23.9 Å². The normalized spacial score (nSPS) is 39.8. The Bertz CT molecular complexity index is 500. The van der Waals surface area contributed by atoms with E-state index in [2.05, 4.69) is 24.5 Å². The van der Waals surface area contributed by atoms with Crippen molar-refractivity contribution in [1.29, 1.82) is 0 Å². The van der Waals surface area contributed by atoms with Crippen LogP contribution in [0.25, 0.3) is 0 Å². The summed E-state index contributed by atoms with van der Waals surface area (Å²) in [6.07, 6.45) is 11.4. The molecule has 4 saturated carbocycles. The van der Waals surface area contributed by atoms with E-state index >= 15 is 0 Å². The Kier molecular flexibility index (Phi) is 5.29. The highest BCUT2D eigenvalue weighted by molar-refractivity contribution is 5.84. The molecule has 0 radical (unpaired) electrons. The molecule has 26 heavy (non-hydrogen) atoms. The third-order valence-corrected chi connectivity index (χ3v) is 8.23. The van der Waals surface area contributed by atoms with Crippen molar-refractivity contribution in [1.82, 2.24) is 10.6 Å². The lowest BCUT2D eigenvalue weighted by atomic mass is 9.84. The van der Waals surface area contributed by atoms with Crippen LogP contribution in [0.15, 0.2) is 0 Å². The van der Waals surface area contributed by atoms with Crippen molar-refractivity contribution in [2.75, 3.05) is 0 Å². The first-order chi connectivity index (χ1) is 12.5. The Labute approximate surface area is 158 Å². The van der Waals surface area contributed by atoms with Crippen LogP contribution < -0.4 is 10.6 Å². The van der Waals surface area contributed by atoms with Gasteiger partial charge in [-0.25, -0.2) is 0 Å². The smallest absolute Gasteiger partial charge is 0.220 e. The molecule has 0 saturated heterocycles. The second kappa shape index (κ2) is 7.52. The molecule has 0 heterocycles. The molecule has 4 aliphatic carbocycles. The lowest BCUT2D eigenvalue weighted by Crippen LogP contribution is -2.42. The third-order valence-electron chi connectivity index (χ3n) is 8.23. The number of amides is 2. The Morgan fingerprint density at radius 1 is 0.731 bits per heavy atom. The maximum atomic E-state index is 12.3. The topological polar surface area (TPSA) is 58.2 Å². The van der Waals surface area contributed by atoms with Crippen LogP contribution in [0, 0.1) is 35.5 Å². The van der Waals surface area contributed by atoms with E-state index in [1.165, 1.54) is 51.4 Å². The number of carbonyl (C=O) groups is 2. The standard InChI is InChI=1S/C22H36N2O2/c1-13(19-11-15-3-5-17(19)9-15)23-21(25)7-8-22(26)24-14(2)20-12-16-4-6-18(20)10-16/h13-20H,3-12H2,1-2H3,(H,23,25)(H,24,26)/t13-,14+,15-,16-,17-,18-,19-,20-/m0/s1. The summed E-state index contributed by atoms with van der Waals surface area (Å²) < 4.78 is 0. The monoisotopic (exact) mass is 360 g/mol. The molecule has 146 valence electrons. The number of rotatable bonds is 7. The van der Waals surface area contributed by atoms with Gasteiger partial charge in [0.15, 0.2) is 0 Å². The Hall–Kier alpha value is -1.06. The van der Waals surface area contributed by atoms with Gasteiger partial charge in [0.25, 0.3) is 0 Å². The van der Waals surface area contributed by atoms with Gasteiger partial charge in [-0.3, -0.25) is 9.59 Å². The predicted molar refractivity (Wildman–Crippen MR) is 102 cm³/mol. The highest BCUT2D eigenvalue weighted by Crippen LogP contribution is 2.50. The van der Waals surface area contributed by atoms with Gasteiger partial charge in [-0.05, 0) is 87.9 Å². The molecular formula is C22H36N2O2. The van der Waals surface area contributed by atoms with Crippen LogP contribution in [0.5, 0.6) is 0 Å². The number of nitrogens with one attached hydrogen (secondary N) is 2. The number of hydrogen-bond donors (Lipinski definition) is 2. The van der Waals surface area contributed by atoms with Gasteiger partial charge in [0.2, 0.25) is 11.8 Å². The lowest BCUT2D eigenvalue weighted by Gasteiger charge is -2.29. The molecule has 4 nitrogen and oxygen atoms in total. The largest absolute Gasteiger partial charge is 0.353 e. The molecule has 2 amide bonds. The van der Waals surface area contributed by atoms with E-state index in [1.54, 1.807) is 0 Å². The summed E-state index contributed by atoms with van der Waals surface area (Å²) in [5.41, 5.74) is 0. The van der Waals surface area contributed by atoms with Gasteiger partial charge in [-0.1, -0.05) is 12.8 Å². The van der Waals surface area contributed by atoms with E-state index in [4.69, 9.17) is 0 Å². The second-order valence-electron chi connectivity index (χ2n) is 9.89. The highest BCUT2D eigenvalue weighted by atomic mass is 16.2. The van der Waals surface area contributed by atoms with Crippen LogP contribution in [0.3, 0.4) is 0 Å². The fraction of sp³-hybridized carbons (Fsp3) is 0.909. The summed E-state index contributed by atoms with van der Waals surface area (Å²) in [6, 6.07) is 0.516. The molecular weight excluding hydrogens is 324 g/mol. The molecule has 8 atom stereocenters. The number of carbonyl (C=O) groups excluding carboxylic acids is 2. The summed E-state index contributed by atoms with van der Waals surface area (Å²) in [7, 11) is 0. The van der Waals surface area contributed by atoms with Gasteiger partial charge in [0, 0.05) is 24.9 Å². The molecule has 0 aromatic heterocycles. The molecule has 0 aromatic carbocycles. The summed E-state index contributed by atoms with van der Waals surface area (Å²) in [5, 5.41) is 6.35. The van der Waals surface area contributed by atoms with E-state index in [1.807, 2.05) is 0 Å². The van der Waals surface area contributed by atoms with E-state index < -0.39 is 0 Å². The quantitative estimate of drug-likeness (QED) is 0.728. The third kappa shape index (κ3) is 3.80. The average molecular weight is 361 g/mol. The molecule has 4 bridgehead atoms. The van der Waals surface area contributed by atoms with Crippen LogP contribution in [-0.2, 0) is 9.59 Å². The average Bonchev–Trinajstić information content (AvgIpc) is 3.39. The number of hydrogen-bond acceptors (Lipinski definition) is 2. The second-order valence-corrected chi connectivity index (χ2v) is 9.89. The first-order valence-corrected chi connectivity index (χ1v) is 11.1. The Morgan fingerprint density at radius 3 is 1.46 bits per heavy atom. The van der Waals surface area contributed by atoms with Gasteiger partial charge in [-0.2, -0.15) is 0 Å². The van der Waals surface area contributed by atoms with Gasteiger partial charge in [0.1, 0.15) is 0 Å². The fourth-order valence-corrected chi connectivity index (χ4v) is 6.91. The molecule has 0 aromatic rings. The molecule has 4 aliphatic rings. The molecule has 0 unspecified atom stereocenters. The highest BCUT2D eigenvalue weighted by Gasteiger charge is 2.43. The van der Waals surface area contributed by atoms with E-state index in [9.17, 15) is 9.59 Å². The van der Waals surface area contributed by atoms with Crippen LogP contribution in [-0.4, -0.2) is 23.9 Å². The van der Waals surface area contributed by atoms with Crippen molar-refractivity contribution < 1.29 is 9.59 Å². The van der Waals surface area contributed by atoms with E-state index in [0.717, 1.165) is 23.7 Å². The maximum absolute atomic E-state index is 12.3. The molecule has 2 N–H and O–H groups in total. The van der Waals surface area contributed by atoms with Crippen molar-refractivity contribution in [2.45, 2.75) is 90.1 Å². The van der Waals surface area contributed by atoms with Gasteiger partial charge in [0.05, 0.1) is 0 Å². The summed E-state index contributed by atoms with van der Waals surface area (Å²) >= 11 is 0. The summed E-state index contributed by atoms with van der Waals surface area (Å²) in [6.45, 7) is 4.31. The molecule has 4 fully saturated rings. The lowest BCUT2D eigenvalue weighted by molar-refractivity contribution is -0.127. The van der Waals surface area contributed by atoms with Crippen LogP contribution in [0.1, 0.15) is 78.1 Å². The van der Waals surface area contributed by atoms with Gasteiger partial charge < -0.3 is 10.6 Å². The minimum absolute atomic E-state index is 0.0444. The van der Waals surface area contributed by atoms with Crippen LogP contribution >= 0.6 is 0 Å². The predicted octanol–water partition coefficient (Wildman–Crippen LogP) is 3.65. The maximum Gasteiger partial charge on any atom is 0.220 e. The van der Waals surface area contributed by atoms with Crippen LogP contribution in [0.4, 0.5) is 0 Å².